The van der Waals surface area contributed by atoms with Crippen LogP contribution >= 0.6 is 0 Å². The molecule has 1 aromatic carbocycles. The Labute approximate surface area is 145 Å². The minimum atomic E-state index is -0.988. The number of benzene rings is 1. The van der Waals surface area contributed by atoms with Gasteiger partial charge in [-0.3, -0.25) is 9.78 Å². The summed E-state index contributed by atoms with van der Waals surface area (Å²) in [6.45, 7) is 0.720. The first-order valence-electron chi connectivity index (χ1n) is 8.04. The van der Waals surface area contributed by atoms with Crippen LogP contribution < -0.4 is 0 Å². The Morgan fingerprint density at radius 2 is 2.20 bits per heavy atom. The third-order valence-corrected chi connectivity index (χ3v) is 4.24. The third kappa shape index (κ3) is 3.66. The van der Waals surface area contributed by atoms with Gasteiger partial charge in [0.15, 0.2) is 0 Å². The van der Waals surface area contributed by atoms with E-state index in [2.05, 4.69) is 9.97 Å². The highest BCUT2D eigenvalue weighted by Crippen LogP contribution is 2.31. The highest BCUT2D eigenvalue weighted by atomic mass is 16.5. The van der Waals surface area contributed by atoms with Crippen LogP contribution in [0, 0.1) is 0 Å². The average molecular weight is 341 g/mol. The molecule has 7 heteroatoms. The maximum atomic E-state index is 12.2. The molecule has 1 saturated heterocycles. The molecule has 2 heterocycles. The van der Waals surface area contributed by atoms with Gasteiger partial charge in [-0.25, -0.2) is 9.78 Å². The third-order valence-electron chi connectivity index (χ3n) is 4.24. The second-order valence-corrected chi connectivity index (χ2v) is 5.89. The number of nitrogens with zero attached hydrogens (tertiary/aromatic N) is 3. The first kappa shape index (κ1) is 17.0. The number of methoxy groups -OCH3 is 1. The summed E-state index contributed by atoms with van der Waals surface area (Å²) in [6.07, 6.45) is 4.98. The first-order valence-corrected chi connectivity index (χ1v) is 8.04. The Morgan fingerprint density at radius 3 is 2.96 bits per heavy atom. The number of carboxylic acids is 1. The fraction of sp³-hybridized carbons (Fsp3) is 0.333. The van der Waals surface area contributed by atoms with Crippen LogP contribution in [0.5, 0.6) is 0 Å². The summed E-state index contributed by atoms with van der Waals surface area (Å²) in [5.74, 6) is -1.05. The molecule has 0 aliphatic carbocycles. The Kier molecular flexibility index (Phi) is 5.04. The Bertz CT molecular complexity index is 793. The summed E-state index contributed by atoms with van der Waals surface area (Å²) < 4.78 is 4.95. The van der Waals surface area contributed by atoms with E-state index < -0.39 is 5.97 Å². The molecule has 3 rings (SSSR count). The molecule has 7 nitrogen and oxygen atoms in total. The maximum Gasteiger partial charge on any atom is 0.335 e. The molecule has 25 heavy (non-hydrogen) atoms. The number of aromatic carboxylic acids is 1. The largest absolute Gasteiger partial charge is 0.478 e. The van der Waals surface area contributed by atoms with Crippen molar-refractivity contribution in [2.75, 3.05) is 20.3 Å². The number of amides is 1. The molecule has 0 saturated carbocycles. The van der Waals surface area contributed by atoms with Crippen molar-refractivity contribution in [2.45, 2.75) is 18.9 Å². The van der Waals surface area contributed by atoms with Crippen molar-refractivity contribution >= 4 is 11.9 Å². The lowest BCUT2D eigenvalue weighted by Crippen LogP contribution is -2.33. The van der Waals surface area contributed by atoms with E-state index in [9.17, 15) is 9.59 Å². The highest BCUT2D eigenvalue weighted by Gasteiger charge is 2.31. The maximum absolute atomic E-state index is 12.2. The van der Waals surface area contributed by atoms with Crippen molar-refractivity contribution in [2.24, 2.45) is 0 Å². The van der Waals surface area contributed by atoms with Gasteiger partial charge in [0.1, 0.15) is 6.61 Å². The molecule has 1 N–H and O–H groups in total. The molecule has 0 radical (unpaired) electrons. The van der Waals surface area contributed by atoms with Crippen molar-refractivity contribution in [1.82, 2.24) is 14.9 Å². The zero-order valence-electron chi connectivity index (χ0n) is 13.9. The van der Waals surface area contributed by atoms with Gasteiger partial charge in [0, 0.05) is 19.2 Å². The van der Waals surface area contributed by atoms with Gasteiger partial charge >= 0.3 is 5.97 Å². The number of hydrogen-bond acceptors (Lipinski definition) is 5. The van der Waals surface area contributed by atoms with Crippen LogP contribution in [0.4, 0.5) is 0 Å². The Hall–Kier alpha value is -2.80. The number of carbonyl (C=O) groups is 2. The van der Waals surface area contributed by atoms with E-state index in [1.54, 1.807) is 35.5 Å². The number of carboxylic acid groups (broad SMARTS) is 1. The predicted octanol–water partition coefficient (Wildman–Crippen LogP) is 2.15. The Balaban J connectivity index is 1.90. The minimum Gasteiger partial charge on any atom is -0.478 e. The number of carbonyl (C=O) groups excluding carboxylic acids is 1. The molecule has 1 atom stereocenters. The molecule has 1 aromatic heterocycles. The van der Waals surface area contributed by atoms with Gasteiger partial charge in [0.25, 0.3) is 0 Å². The van der Waals surface area contributed by atoms with Gasteiger partial charge < -0.3 is 14.7 Å². The molecule has 2 aromatic rings. The molecule has 1 aliphatic heterocycles. The van der Waals surface area contributed by atoms with E-state index in [1.807, 2.05) is 0 Å². The lowest BCUT2D eigenvalue weighted by molar-refractivity contribution is -0.136. The summed E-state index contributed by atoms with van der Waals surface area (Å²) >= 11 is 0. The molecular weight excluding hydrogens is 322 g/mol. The summed E-state index contributed by atoms with van der Waals surface area (Å²) in [5, 5.41) is 9.14. The second-order valence-electron chi connectivity index (χ2n) is 5.89. The number of rotatable bonds is 5. The van der Waals surface area contributed by atoms with Crippen LogP contribution in [-0.2, 0) is 9.53 Å². The first-order chi connectivity index (χ1) is 12.1. The van der Waals surface area contributed by atoms with Gasteiger partial charge in [-0.2, -0.15) is 0 Å². The zero-order chi connectivity index (χ0) is 17.8. The van der Waals surface area contributed by atoms with Crippen molar-refractivity contribution in [3.63, 3.8) is 0 Å². The molecule has 1 fully saturated rings. The van der Waals surface area contributed by atoms with Crippen LogP contribution in [0.3, 0.4) is 0 Å². The molecule has 130 valence electrons. The monoisotopic (exact) mass is 341 g/mol. The highest BCUT2D eigenvalue weighted by molar-refractivity contribution is 5.89. The summed E-state index contributed by atoms with van der Waals surface area (Å²) in [4.78, 5) is 34.0. The van der Waals surface area contributed by atoms with Crippen molar-refractivity contribution in [3.05, 3.63) is 47.9 Å². The standard InChI is InChI=1S/C18H19N3O4/c1-25-11-17(22)21-7-3-6-16(21)15-10-19-9-14(20-15)12-4-2-5-13(8-12)18(23)24/h2,4-5,8-10,16H,3,6-7,11H2,1H3,(H,23,24)/t16-/m1/s1. The number of hydrogen-bond donors (Lipinski definition) is 1. The normalized spacial score (nSPS) is 16.8. The molecule has 0 bridgehead atoms. The Morgan fingerprint density at radius 1 is 1.36 bits per heavy atom. The summed E-state index contributed by atoms with van der Waals surface area (Å²) in [7, 11) is 1.50. The lowest BCUT2D eigenvalue weighted by Gasteiger charge is -2.24. The smallest absolute Gasteiger partial charge is 0.335 e. The van der Waals surface area contributed by atoms with Gasteiger partial charge in [0.2, 0.25) is 5.91 Å². The summed E-state index contributed by atoms with van der Waals surface area (Å²) in [5.41, 5.74) is 2.18. The van der Waals surface area contributed by atoms with Crippen molar-refractivity contribution in [3.8, 4) is 11.3 Å². The van der Waals surface area contributed by atoms with E-state index in [-0.39, 0.29) is 24.1 Å². The topological polar surface area (TPSA) is 92.6 Å². The number of aromatic nitrogens is 2. The van der Waals surface area contributed by atoms with E-state index in [4.69, 9.17) is 9.84 Å². The minimum absolute atomic E-state index is 0.0459. The molecule has 1 amide bonds. The van der Waals surface area contributed by atoms with E-state index >= 15 is 0 Å². The molecule has 0 spiro atoms. The molecule has 1 aliphatic rings. The average Bonchev–Trinajstić information content (AvgIpc) is 3.12. The van der Waals surface area contributed by atoms with Gasteiger partial charge in [0.05, 0.1) is 35.4 Å². The second kappa shape index (κ2) is 7.40. The zero-order valence-corrected chi connectivity index (χ0v) is 13.9. The van der Waals surface area contributed by atoms with Crippen molar-refractivity contribution < 1.29 is 19.4 Å². The van der Waals surface area contributed by atoms with Gasteiger partial charge in [-0.15, -0.1) is 0 Å². The van der Waals surface area contributed by atoms with Crippen LogP contribution in [0.15, 0.2) is 36.7 Å². The molecule has 0 unspecified atom stereocenters. The predicted molar refractivity (Wildman–Crippen MR) is 90.0 cm³/mol. The fourth-order valence-corrected chi connectivity index (χ4v) is 3.07. The summed E-state index contributed by atoms with van der Waals surface area (Å²) in [6, 6.07) is 6.45. The van der Waals surface area contributed by atoms with E-state index in [0.29, 0.717) is 23.5 Å². The molecular formula is C18H19N3O4. The van der Waals surface area contributed by atoms with Crippen LogP contribution in [-0.4, -0.2) is 52.1 Å². The van der Waals surface area contributed by atoms with Gasteiger partial charge in [-0.05, 0) is 25.0 Å². The quantitative estimate of drug-likeness (QED) is 0.896. The van der Waals surface area contributed by atoms with E-state index in [0.717, 1.165) is 12.8 Å². The van der Waals surface area contributed by atoms with Crippen LogP contribution in [0.2, 0.25) is 0 Å². The van der Waals surface area contributed by atoms with E-state index in [1.165, 1.54) is 13.2 Å². The SMILES string of the molecule is COCC(=O)N1CCC[C@@H]1c1cncc(-c2cccc(C(=O)O)c2)n1. The van der Waals surface area contributed by atoms with Gasteiger partial charge in [-0.1, -0.05) is 12.1 Å². The van der Waals surface area contributed by atoms with Crippen molar-refractivity contribution in [1.29, 1.82) is 0 Å². The number of likely N-dealkylation sites (tertiary alicyclic amines) is 1. The fourth-order valence-electron chi connectivity index (χ4n) is 3.07. The lowest BCUT2D eigenvalue weighted by atomic mass is 10.1. The van der Waals surface area contributed by atoms with Crippen LogP contribution in [0.25, 0.3) is 11.3 Å². The van der Waals surface area contributed by atoms with Crippen LogP contribution in [0.1, 0.15) is 34.9 Å². The number of ether oxygens (including phenoxy) is 1.